The Hall–Kier alpha value is -0.0800. The highest BCUT2D eigenvalue weighted by molar-refractivity contribution is 4.87. The van der Waals surface area contributed by atoms with Gasteiger partial charge in [-0.3, -0.25) is 4.90 Å². The van der Waals surface area contributed by atoms with Gasteiger partial charge in [0.1, 0.15) is 0 Å². The lowest BCUT2D eigenvalue weighted by Gasteiger charge is -2.43. The van der Waals surface area contributed by atoms with E-state index < -0.39 is 0 Å². The number of piperazine rings is 1. The first-order valence-corrected chi connectivity index (χ1v) is 8.39. The van der Waals surface area contributed by atoms with Gasteiger partial charge in [0, 0.05) is 31.2 Å². The molecule has 1 aliphatic heterocycles. The molecule has 1 N–H and O–H groups in total. The van der Waals surface area contributed by atoms with Crippen molar-refractivity contribution in [3.63, 3.8) is 0 Å². The van der Waals surface area contributed by atoms with Crippen LogP contribution in [-0.2, 0) is 0 Å². The fraction of sp³-hybridized carbons (Fsp3) is 1.00. The average Bonchev–Trinajstić information content (AvgIpc) is 2.30. The van der Waals surface area contributed by atoms with Crippen molar-refractivity contribution >= 4 is 0 Å². The van der Waals surface area contributed by atoms with Crippen LogP contribution in [-0.4, -0.2) is 36.1 Å². The molecule has 3 unspecified atom stereocenters. The van der Waals surface area contributed by atoms with Gasteiger partial charge in [-0.05, 0) is 38.5 Å². The SMILES string of the molecule is CC(C)CCCC(C)N1CC(CC(C)C)NCC1C. The maximum atomic E-state index is 3.72. The Morgan fingerprint density at radius 3 is 2.32 bits per heavy atom. The van der Waals surface area contributed by atoms with Gasteiger partial charge in [-0.1, -0.05) is 40.5 Å². The number of nitrogens with zero attached hydrogens (tertiary/aromatic N) is 1. The van der Waals surface area contributed by atoms with Crippen molar-refractivity contribution in [2.45, 2.75) is 85.4 Å². The van der Waals surface area contributed by atoms with Crippen molar-refractivity contribution in [2.24, 2.45) is 11.8 Å². The third-order valence-corrected chi connectivity index (χ3v) is 4.42. The molecule has 1 saturated heterocycles. The van der Waals surface area contributed by atoms with Gasteiger partial charge < -0.3 is 5.32 Å². The minimum atomic E-state index is 0.692. The summed E-state index contributed by atoms with van der Waals surface area (Å²) in [5.74, 6) is 1.64. The molecule has 0 radical (unpaired) electrons. The molecule has 0 aliphatic carbocycles. The summed E-state index contributed by atoms with van der Waals surface area (Å²) in [5, 5.41) is 3.72. The van der Waals surface area contributed by atoms with E-state index in [1.807, 2.05) is 0 Å². The summed E-state index contributed by atoms with van der Waals surface area (Å²) in [6.45, 7) is 16.5. The zero-order valence-electron chi connectivity index (χ0n) is 14.1. The summed E-state index contributed by atoms with van der Waals surface area (Å²) in [5.41, 5.74) is 0. The van der Waals surface area contributed by atoms with Gasteiger partial charge >= 0.3 is 0 Å². The summed E-state index contributed by atoms with van der Waals surface area (Å²) in [7, 11) is 0. The standard InChI is InChI=1S/C17H36N2/c1-13(2)8-7-9-15(5)19-12-17(10-14(3)4)18-11-16(19)6/h13-18H,7-12H2,1-6H3. The van der Waals surface area contributed by atoms with E-state index in [4.69, 9.17) is 0 Å². The first-order valence-electron chi connectivity index (χ1n) is 8.39. The third-order valence-electron chi connectivity index (χ3n) is 4.42. The molecule has 1 rings (SSSR count). The first-order chi connectivity index (χ1) is 8.90. The lowest BCUT2D eigenvalue weighted by molar-refractivity contribution is 0.0865. The van der Waals surface area contributed by atoms with Crippen LogP contribution in [0.3, 0.4) is 0 Å². The predicted octanol–water partition coefficient (Wildman–Crippen LogP) is 3.91. The van der Waals surface area contributed by atoms with Gasteiger partial charge in [0.15, 0.2) is 0 Å². The fourth-order valence-electron chi connectivity index (χ4n) is 3.28. The van der Waals surface area contributed by atoms with Gasteiger partial charge in [-0.15, -0.1) is 0 Å². The van der Waals surface area contributed by atoms with E-state index in [1.54, 1.807) is 0 Å². The van der Waals surface area contributed by atoms with Crippen molar-refractivity contribution in [3.05, 3.63) is 0 Å². The smallest absolute Gasteiger partial charge is 0.0198 e. The molecule has 2 heteroatoms. The fourth-order valence-corrected chi connectivity index (χ4v) is 3.28. The summed E-state index contributed by atoms with van der Waals surface area (Å²) in [4.78, 5) is 2.74. The van der Waals surface area contributed by atoms with Crippen molar-refractivity contribution in [1.82, 2.24) is 10.2 Å². The van der Waals surface area contributed by atoms with Crippen molar-refractivity contribution < 1.29 is 0 Å². The molecule has 1 fully saturated rings. The zero-order chi connectivity index (χ0) is 14.4. The maximum Gasteiger partial charge on any atom is 0.0198 e. The number of hydrogen-bond acceptors (Lipinski definition) is 2. The molecule has 0 bridgehead atoms. The Labute approximate surface area is 121 Å². The maximum absolute atomic E-state index is 3.72. The van der Waals surface area contributed by atoms with Gasteiger partial charge in [-0.25, -0.2) is 0 Å². The summed E-state index contributed by atoms with van der Waals surface area (Å²) < 4.78 is 0. The second kappa shape index (κ2) is 8.26. The van der Waals surface area contributed by atoms with E-state index >= 15 is 0 Å². The van der Waals surface area contributed by atoms with E-state index in [1.165, 1.54) is 32.2 Å². The van der Waals surface area contributed by atoms with E-state index in [0.717, 1.165) is 24.4 Å². The van der Waals surface area contributed by atoms with Crippen LogP contribution in [0, 0.1) is 11.8 Å². The first kappa shape index (κ1) is 17.0. The molecule has 1 aliphatic rings. The second-order valence-corrected chi connectivity index (χ2v) is 7.45. The molecule has 2 nitrogen and oxygen atoms in total. The van der Waals surface area contributed by atoms with E-state index in [2.05, 4.69) is 51.8 Å². The summed E-state index contributed by atoms with van der Waals surface area (Å²) in [6.07, 6.45) is 5.42. The molecular formula is C17H36N2. The highest BCUT2D eigenvalue weighted by Crippen LogP contribution is 2.19. The topological polar surface area (TPSA) is 15.3 Å². The molecule has 0 saturated carbocycles. The van der Waals surface area contributed by atoms with Crippen LogP contribution in [0.4, 0.5) is 0 Å². The lowest BCUT2D eigenvalue weighted by atomic mass is 9.97. The molecule has 0 spiro atoms. The second-order valence-electron chi connectivity index (χ2n) is 7.45. The number of hydrogen-bond donors (Lipinski definition) is 1. The van der Waals surface area contributed by atoms with Gasteiger partial charge in [0.2, 0.25) is 0 Å². The monoisotopic (exact) mass is 268 g/mol. The Morgan fingerprint density at radius 2 is 1.74 bits per heavy atom. The van der Waals surface area contributed by atoms with Crippen LogP contribution in [0.25, 0.3) is 0 Å². The van der Waals surface area contributed by atoms with E-state index in [0.29, 0.717) is 12.1 Å². The highest BCUT2D eigenvalue weighted by Gasteiger charge is 2.28. The lowest BCUT2D eigenvalue weighted by Crippen LogP contribution is -2.58. The quantitative estimate of drug-likeness (QED) is 0.753. The third kappa shape index (κ3) is 6.27. The summed E-state index contributed by atoms with van der Waals surface area (Å²) >= 11 is 0. The van der Waals surface area contributed by atoms with Gasteiger partial charge in [-0.2, -0.15) is 0 Å². The Kier molecular flexibility index (Phi) is 7.38. The molecule has 0 amide bonds. The van der Waals surface area contributed by atoms with E-state index in [-0.39, 0.29) is 0 Å². The van der Waals surface area contributed by atoms with Crippen molar-refractivity contribution in [3.8, 4) is 0 Å². The largest absolute Gasteiger partial charge is 0.311 e. The average molecular weight is 268 g/mol. The van der Waals surface area contributed by atoms with Crippen molar-refractivity contribution in [2.75, 3.05) is 13.1 Å². The Morgan fingerprint density at radius 1 is 1.05 bits per heavy atom. The molecule has 114 valence electrons. The normalized spacial score (nSPS) is 27.2. The number of rotatable bonds is 7. The molecule has 0 aromatic heterocycles. The van der Waals surface area contributed by atoms with Crippen LogP contribution in [0.1, 0.15) is 67.2 Å². The van der Waals surface area contributed by atoms with E-state index in [9.17, 15) is 0 Å². The minimum absolute atomic E-state index is 0.692. The molecule has 0 aromatic carbocycles. The van der Waals surface area contributed by atoms with Gasteiger partial charge in [0.25, 0.3) is 0 Å². The molecule has 0 aromatic rings. The van der Waals surface area contributed by atoms with Crippen LogP contribution in [0.5, 0.6) is 0 Å². The van der Waals surface area contributed by atoms with Crippen LogP contribution < -0.4 is 5.32 Å². The molecule has 19 heavy (non-hydrogen) atoms. The van der Waals surface area contributed by atoms with Crippen LogP contribution in [0.2, 0.25) is 0 Å². The van der Waals surface area contributed by atoms with Crippen LogP contribution in [0.15, 0.2) is 0 Å². The summed E-state index contributed by atoms with van der Waals surface area (Å²) in [6, 6.07) is 2.13. The predicted molar refractivity (Wildman–Crippen MR) is 85.6 cm³/mol. The number of nitrogens with one attached hydrogen (secondary N) is 1. The molecular weight excluding hydrogens is 232 g/mol. The zero-order valence-corrected chi connectivity index (χ0v) is 14.1. The minimum Gasteiger partial charge on any atom is -0.311 e. The van der Waals surface area contributed by atoms with Gasteiger partial charge in [0.05, 0.1) is 0 Å². The Bertz CT molecular complexity index is 237. The van der Waals surface area contributed by atoms with Crippen molar-refractivity contribution in [1.29, 1.82) is 0 Å². The molecule has 3 atom stereocenters. The highest BCUT2D eigenvalue weighted by atomic mass is 15.2. The Balaban J connectivity index is 2.39. The van der Waals surface area contributed by atoms with Crippen LogP contribution >= 0.6 is 0 Å². The molecule has 1 heterocycles.